The van der Waals surface area contributed by atoms with E-state index in [1.807, 2.05) is 13.8 Å². The average molecular weight is 736 g/mol. The second-order valence-corrected chi connectivity index (χ2v) is 14.0. The molecular weight excluding hydrogens is 712 g/mol. The van der Waals surface area contributed by atoms with Crippen LogP contribution in [0.15, 0.2) is 79.4 Å². The van der Waals surface area contributed by atoms with Gasteiger partial charge in [0.2, 0.25) is 0 Å². The number of carbonyl (C=O) groups excluding carboxylic acids is 2. The van der Waals surface area contributed by atoms with Crippen LogP contribution in [0.1, 0.15) is 43.0 Å². The van der Waals surface area contributed by atoms with Gasteiger partial charge in [-0.05, 0) is 82.1 Å². The number of carbonyl (C=O) groups is 2. The summed E-state index contributed by atoms with van der Waals surface area (Å²) in [5.74, 6) is -1.41. The molecule has 0 radical (unpaired) electrons. The van der Waals surface area contributed by atoms with Gasteiger partial charge in [-0.1, -0.05) is 35.4 Å². The molecule has 14 heteroatoms. The molecule has 0 heterocycles. The fourth-order valence-corrected chi connectivity index (χ4v) is 7.21. The van der Waals surface area contributed by atoms with E-state index in [1.165, 1.54) is 24.3 Å². The van der Waals surface area contributed by atoms with Crippen molar-refractivity contribution in [1.29, 1.82) is 0 Å². The minimum absolute atomic E-state index is 0. The van der Waals surface area contributed by atoms with Gasteiger partial charge in [0.15, 0.2) is 11.6 Å². The summed E-state index contributed by atoms with van der Waals surface area (Å²) in [7, 11) is -5.98. The summed E-state index contributed by atoms with van der Waals surface area (Å²) in [6.45, 7) is 3.71. The molecule has 1 atom stereocenters. The lowest BCUT2D eigenvalue weighted by Crippen LogP contribution is -2.28. The monoisotopic (exact) mass is 734 g/mol. The lowest BCUT2D eigenvalue weighted by molar-refractivity contribution is 0.0981. The van der Waals surface area contributed by atoms with E-state index in [1.54, 1.807) is 36.4 Å². The van der Waals surface area contributed by atoms with Gasteiger partial charge < -0.3 is 21.7 Å². The van der Waals surface area contributed by atoms with Crippen LogP contribution in [0.5, 0.6) is 0 Å². The maximum absolute atomic E-state index is 14.2. The van der Waals surface area contributed by atoms with E-state index >= 15 is 0 Å². The van der Waals surface area contributed by atoms with Gasteiger partial charge in [-0.15, -0.1) is 0 Å². The number of rotatable bonds is 6. The molecule has 0 fully saturated rings. The van der Waals surface area contributed by atoms with Gasteiger partial charge >= 0.3 is 0 Å². The molecule has 5 rings (SSSR count). The van der Waals surface area contributed by atoms with Gasteiger partial charge in [-0.2, -0.15) is 0 Å². The van der Waals surface area contributed by atoms with Crippen LogP contribution in [0.25, 0.3) is 0 Å². The highest BCUT2D eigenvalue weighted by Crippen LogP contribution is 2.45. The summed E-state index contributed by atoms with van der Waals surface area (Å²) in [4.78, 5) is 28.5. The molecule has 1 aliphatic rings. The number of benzene rings is 4. The number of ketones is 2. The van der Waals surface area contributed by atoms with Gasteiger partial charge in [-0.25, -0.2) is 12.6 Å². The normalized spacial score (nSPS) is 13.0. The highest BCUT2D eigenvalue weighted by Gasteiger charge is 2.39. The topological polar surface area (TPSA) is 193 Å². The summed E-state index contributed by atoms with van der Waals surface area (Å²) in [5, 5.41) is 0. The van der Waals surface area contributed by atoms with Crippen molar-refractivity contribution in [3.63, 3.8) is 0 Å². The van der Waals surface area contributed by atoms with Gasteiger partial charge in [0.05, 0.1) is 54.8 Å². The minimum Gasteiger partial charge on any atom is -0.412 e. The Morgan fingerprint density at radius 3 is 1.67 bits per heavy atom. The van der Waals surface area contributed by atoms with Crippen molar-refractivity contribution in [2.24, 2.45) is 0 Å². The third kappa shape index (κ3) is 5.47. The number of anilines is 4. The Labute approximate surface area is 261 Å². The molecule has 0 spiro atoms. The second-order valence-electron chi connectivity index (χ2n) is 9.40. The van der Waals surface area contributed by atoms with Crippen LogP contribution >= 0.6 is 31.9 Å². The van der Waals surface area contributed by atoms with E-state index in [0.717, 1.165) is 11.1 Å². The molecule has 1 aliphatic carbocycles. The Morgan fingerprint density at radius 1 is 0.714 bits per heavy atom. The molecule has 0 aliphatic heterocycles. The number of hydrogen-bond donors (Lipinski definition) is 4. The molecule has 0 aromatic heterocycles. The zero-order valence-electron chi connectivity index (χ0n) is 22.0. The van der Waals surface area contributed by atoms with Crippen molar-refractivity contribution in [2.75, 3.05) is 20.9 Å². The predicted molar refractivity (Wildman–Crippen MR) is 171 cm³/mol. The SMILES string of the molecule is Cc1ccc(S(=O)Nc2cc(Br)c(N)c3c2C(=O)c2c(NS(=O)(=O)c4ccc(C)cc4)cc(Br)c(N)c2C3=O)cc1.O. The molecule has 0 saturated carbocycles. The summed E-state index contributed by atoms with van der Waals surface area (Å²) in [6, 6.07) is 15.9. The van der Waals surface area contributed by atoms with Crippen LogP contribution < -0.4 is 20.9 Å². The number of nitrogens with one attached hydrogen (secondary N) is 2. The number of sulfonamides is 1. The third-order valence-corrected chi connectivity index (χ3v) is 10.4. The molecule has 4 aromatic rings. The predicted octanol–water partition coefficient (Wildman–Crippen LogP) is 4.88. The number of nitrogen functional groups attached to an aromatic ring is 2. The summed E-state index contributed by atoms with van der Waals surface area (Å²) in [6.07, 6.45) is 0. The van der Waals surface area contributed by atoms with E-state index in [2.05, 4.69) is 41.3 Å². The van der Waals surface area contributed by atoms with Crippen molar-refractivity contribution >= 4 is 87.2 Å². The number of aryl methyl sites for hydroxylation is 2. The van der Waals surface area contributed by atoms with Crippen molar-refractivity contribution in [2.45, 2.75) is 23.6 Å². The van der Waals surface area contributed by atoms with Gasteiger partial charge in [0, 0.05) is 8.95 Å². The van der Waals surface area contributed by atoms with Gasteiger partial charge in [-0.3, -0.25) is 14.3 Å². The second kappa shape index (κ2) is 11.6. The lowest BCUT2D eigenvalue weighted by atomic mass is 9.81. The molecule has 0 bridgehead atoms. The highest BCUT2D eigenvalue weighted by molar-refractivity contribution is 9.11. The maximum Gasteiger partial charge on any atom is 0.261 e. The molecule has 0 saturated heterocycles. The smallest absolute Gasteiger partial charge is 0.261 e. The molecule has 1 unspecified atom stereocenters. The van der Waals surface area contributed by atoms with Crippen molar-refractivity contribution in [3.8, 4) is 0 Å². The van der Waals surface area contributed by atoms with E-state index < -0.39 is 32.6 Å². The first-order chi connectivity index (χ1) is 19.3. The Hall–Kier alpha value is -3.56. The molecule has 10 nitrogen and oxygen atoms in total. The van der Waals surface area contributed by atoms with E-state index in [-0.39, 0.29) is 64.3 Å². The quantitative estimate of drug-likeness (QED) is 0.179. The summed E-state index contributed by atoms with van der Waals surface area (Å²) >= 11 is 6.61. The Balaban J connectivity index is 0.00000405. The summed E-state index contributed by atoms with van der Waals surface area (Å²) in [5.41, 5.74) is 13.5. The first-order valence-corrected chi connectivity index (χ1v) is 16.2. The van der Waals surface area contributed by atoms with Crippen LogP contribution in [0, 0.1) is 13.8 Å². The van der Waals surface area contributed by atoms with Crippen LogP contribution in [0.3, 0.4) is 0 Å². The molecule has 8 N–H and O–H groups in total. The fraction of sp³-hybridized carbons (Fsp3) is 0.0714. The highest BCUT2D eigenvalue weighted by atomic mass is 79.9. The average Bonchev–Trinajstić information content (AvgIpc) is 2.91. The minimum atomic E-state index is -4.17. The van der Waals surface area contributed by atoms with Crippen LogP contribution in [0.2, 0.25) is 0 Å². The molecule has 42 heavy (non-hydrogen) atoms. The molecule has 218 valence electrons. The first kappa shape index (κ1) is 31.4. The number of halogens is 2. The van der Waals surface area contributed by atoms with E-state index in [9.17, 15) is 22.2 Å². The standard InChI is InChI=1S/C28H22Br2N4O5S2.H2O/c1-13-3-7-15(8-4-13)40(37)33-19-11-17(29)25(31)23-21(19)27(35)22-20(12-18(30)26(32)24(22)28(23)36)34-41(38,39)16-9-5-14(2)6-10-16;/h3-12,33-34H,31-32H2,1-2H3;1H2. The Morgan fingerprint density at radius 2 is 1.14 bits per heavy atom. The summed E-state index contributed by atoms with van der Waals surface area (Å²) < 4.78 is 45.5. The van der Waals surface area contributed by atoms with E-state index in [0.29, 0.717) is 4.90 Å². The number of fused-ring (bicyclic) bond motifs is 2. The van der Waals surface area contributed by atoms with Crippen molar-refractivity contribution in [3.05, 3.63) is 103 Å². The zero-order valence-corrected chi connectivity index (χ0v) is 26.8. The van der Waals surface area contributed by atoms with Gasteiger partial charge in [0.25, 0.3) is 10.0 Å². The zero-order chi connectivity index (χ0) is 29.8. The van der Waals surface area contributed by atoms with Crippen LogP contribution in [-0.2, 0) is 21.0 Å². The first-order valence-electron chi connectivity index (χ1n) is 12.0. The van der Waals surface area contributed by atoms with Crippen molar-refractivity contribution in [1.82, 2.24) is 0 Å². The number of hydrogen-bond acceptors (Lipinski definition) is 7. The Kier molecular flexibility index (Phi) is 8.67. The van der Waals surface area contributed by atoms with Crippen LogP contribution in [0.4, 0.5) is 22.7 Å². The maximum atomic E-state index is 14.2. The number of nitrogens with two attached hydrogens (primary N) is 2. The largest absolute Gasteiger partial charge is 0.412 e. The van der Waals surface area contributed by atoms with Crippen LogP contribution in [-0.4, -0.2) is 29.7 Å². The molecule has 4 aromatic carbocycles. The Bertz CT molecular complexity index is 1910. The lowest BCUT2D eigenvalue weighted by Gasteiger charge is -2.26. The fourth-order valence-electron chi connectivity index (χ4n) is 4.43. The molecule has 0 amide bonds. The molecular formula is C28H24Br2N4O6S2. The van der Waals surface area contributed by atoms with E-state index in [4.69, 9.17) is 11.5 Å². The van der Waals surface area contributed by atoms with Gasteiger partial charge in [0.1, 0.15) is 11.0 Å². The third-order valence-electron chi connectivity index (χ3n) is 6.56. The van der Waals surface area contributed by atoms with Crippen molar-refractivity contribution < 1.29 is 27.7 Å².